The van der Waals surface area contributed by atoms with Crippen LogP contribution in [0.25, 0.3) is 0 Å². The normalized spacial score (nSPS) is 40.5. The Labute approximate surface area is 125 Å². The fourth-order valence-corrected chi connectivity index (χ4v) is 6.07. The van der Waals surface area contributed by atoms with Crippen molar-refractivity contribution in [3.63, 3.8) is 0 Å². The highest BCUT2D eigenvalue weighted by molar-refractivity contribution is 5.06. The SMILES string of the molecule is CCNC(CN(CC)CC)C12CC3CC(CC(C3)C1)C2. The predicted octanol–water partition coefficient (Wildman–Crippen LogP) is 3.52. The lowest BCUT2D eigenvalue weighted by atomic mass is 9.47. The number of likely N-dealkylation sites (N-methyl/N-ethyl adjacent to an activating group) is 2. The number of rotatable bonds is 7. The molecule has 0 radical (unpaired) electrons. The Hall–Kier alpha value is -0.0800. The second-order valence-corrected chi connectivity index (χ2v) is 7.88. The van der Waals surface area contributed by atoms with Gasteiger partial charge in [-0.2, -0.15) is 0 Å². The molecule has 4 bridgehead atoms. The van der Waals surface area contributed by atoms with Crippen LogP contribution in [0.4, 0.5) is 0 Å². The average molecular weight is 278 g/mol. The summed E-state index contributed by atoms with van der Waals surface area (Å²) in [4.78, 5) is 2.63. The minimum atomic E-state index is 0.646. The van der Waals surface area contributed by atoms with Gasteiger partial charge >= 0.3 is 0 Å². The first-order valence-corrected chi connectivity index (χ1v) is 9.14. The monoisotopic (exact) mass is 278 g/mol. The second-order valence-electron chi connectivity index (χ2n) is 7.88. The van der Waals surface area contributed by atoms with Crippen LogP contribution in [0.3, 0.4) is 0 Å². The van der Waals surface area contributed by atoms with Crippen LogP contribution < -0.4 is 5.32 Å². The first-order chi connectivity index (χ1) is 9.69. The molecule has 4 saturated carbocycles. The lowest BCUT2D eigenvalue weighted by molar-refractivity contribution is -0.0782. The fraction of sp³-hybridized carbons (Fsp3) is 1.00. The lowest BCUT2D eigenvalue weighted by Gasteiger charge is -2.60. The molecule has 0 heterocycles. The third-order valence-electron chi connectivity index (χ3n) is 6.61. The Balaban J connectivity index is 1.76. The molecule has 0 aromatic heterocycles. The zero-order valence-corrected chi connectivity index (χ0v) is 13.8. The summed E-state index contributed by atoms with van der Waals surface area (Å²) in [6.45, 7) is 11.7. The highest BCUT2D eigenvalue weighted by Gasteiger charge is 2.53. The van der Waals surface area contributed by atoms with Crippen molar-refractivity contribution in [1.29, 1.82) is 0 Å². The van der Waals surface area contributed by atoms with Gasteiger partial charge in [-0.25, -0.2) is 0 Å². The molecule has 0 aromatic rings. The third kappa shape index (κ3) is 2.66. The molecule has 0 aromatic carbocycles. The van der Waals surface area contributed by atoms with Crippen molar-refractivity contribution in [2.75, 3.05) is 26.2 Å². The van der Waals surface area contributed by atoms with Crippen LogP contribution in [0, 0.1) is 23.2 Å². The van der Waals surface area contributed by atoms with E-state index in [9.17, 15) is 0 Å². The fourth-order valence-electron chi connectivity index (χ4n) is 6.07. The van der Waals surface area contributed by atoms with Crippen LogP contribution in [0.2, 0.25) is 0 Å². The van der Waals surface area contributed by atoms with E-state index in [0.717, 1.165) is 30.3 Å². The molecule has 0 spiro atoms. The zero-order chi connectivity index (χ0) is 14.2. The van der Waals surface area contributed by atoms with Gasteiger partial charge in [0.15, 0.2) is 0 Å². The molecule has 0 aliphatic heterocycles. The van der Waals surface area contributed by atoms with Crippen LogP contribution >= 0.6 is 0 Å². The largest absolute Gasteiger partial charge is 0.312 e. The Morgan fingerprint density at radius 2 is 1.45 bits per heavy atom. The molecule has 1 atom stereocenters. The molecule has 4 aliphatic carbocycles. The molecule has 4 rings (SSSR count). The smallest absolute Gasteiger partial charge is 0.0251 e. The van der Waals surface area contributed by atoms with Crippen LogP contribution in [-0.2, 0) is 0 Å². The van der Waals surface area contributed by atoms with Gasteiger partial charge in [0.1, 0.15) is 0 Å². The highest BCUT2D eigenvalue weighted by atomic mass is 15.1. The van der Waals surface area contributed by atoms with Crippen molar-refractivity contribution in [1.82, 2.24) is 10.2 Å². The molecule has 0 amide bonds. The zero-order valence-electron chi connectivity index (χ0n) is 13.8. The Bertz CT molecular complexity index is 286. The third-order valence-corrected chi connectivity index (χ3v) is 6.61. The number of nitrogens with zero attached hydrogens (tertiary/aromatic N) is 1. The molecular formula is C18H34N2. The summed E-state index contributed by atoms with van der Waals surface area (Å²) in [5.74, 6) is 3.21. The van der Waals surface area contributed by atoms with Crippen molar-refractivity contribution >= 4 is 0 Å². The number of hydrogen-bond acceptors (Lipinski definition) is 2. The summed E-state index contributed by atoms with van der Waals surface area (Å²) < 4.78 is 0. The number of nitrogens with one attached hydrogen (secondary N) is 1. The minimum Gasteiger partial charge on any atom is -0.312 e. The van der Waals surface area contributed by atoms with E-state index in [0.29, 0.717) is 5.41 Å². The van der Waals surface area contributed by atoms with Gasteiger partial charge in [-0.3, -0.25) is 0 Å². The van der Waals surface area contributed by atoms with Crippen molar-refractivity contribution in [3.05, 3.63) is 0 Å². The molecule has 2 nitrogen and oxygen atoms in total. The van der Waals surface area contributed by atoms with Crippen LogP contribution in [0.5, 0.6) is 0 Å². The highest BCUT2D eigenvalue weighted by Crippen LogP contribution is 2.61. The molecule has 4 aliphatic rings. The van der Waals surface area contributed by atoms with Crippen LogP contribution in [0.15, 0.2) is 0 Å². The van der Waals surface area contributed by atoms with E-state index in [1.165, 1.54) is 38.9 Å². The quantitative estimate of drug-likeness (QED) is 0.766. The van der Waals surface area contributed by atoms with Gasteiger partial charge in [-0.05, 0) is 81.3 Å². The second kappa shape index (κ2) is 5.96. The predicted molar refractivity (Wildman–Crippen MR) is 85.9 cm³/mol. The maximum Gasteiger partial charge on any atom is 0.0251 e. The van der Waals surface area contributed by atoms with Crippen molar-refractivity contribution in [2.24, 2.45) is 23.2 Å². The van der Waals surface area contributed by atoms with Crippen molar-refractivity contribution < 1.29 is 0 Å². The average Bonchev–Trinajstić information content (AvgIpc) is 2.42. The summed E-state index contributed by atoms with van der Waals surface area (Å²) in [6, 6.07) is 0.737. The van der Waals surface area contributed by atoms with E-state index in [4.69, 9.17) is 0 Å². The molecule has 4 fully saturated rings. The van der Waals surface area contributed by atoms with Crippen molar-refractivity contribution in [2.45, 2.75) is 65.3 Å². The van der Waals surface area contributed by atoms with E-state index >= 15 is 0 Å². The standard InChI is InChI=1S/C18H34N2/c1-4-19-17(13-20(5-2)6-3)18-10-14-7-15(11-18)9-16(8-14)12-18/h14-17,19H,4-13H2,1-3H3. The van der Waals surface area contributed by atoms with Gasteiger partial charge in [0.05, 0.1) is 0 Å². The first-order valence-electron chi connectivity index (χ1n) is 9.14. The summed E-state index contributed by atoms with van der Waals surface area (Å²) in [6.07, 6.45) is 9.25. The topological polar surface area (TPSA) is 15.3 Å². The van der Waals surface area contributed by atoms with Gasteiger partial charge in [0.25, 0.3) is 0 Å². The summed E-state index contributed by atoms with van der Waals surface area (Å²) in [5.41, 5.74) is 0.646. The molecule has 0 saturated heterocycles. The van der Waals surface area contributed by atoms with Gasteiger partial charge in [0.2, 0.25) is 0 Å². The molecule has 1 N–H and O–H groups in total. The van der Waals surface area contributed by atoms with Crippen molar-refractivity contribution in [3.8, 4) is 0 Å². The van der Waals surface area contributed by atoms with E-state index in [-0.39, 0.29) is 0 Å². The Morgan fingerprint density at radius 3 is 1.85 bits per heavy atom. The summed E-state index contributed by atoms with van der Waals surface area (Å²) in [5, 5.41) is 3.90. The van der Waals surface area contributed by atoms with Crippen LogP contribution in [0.1, 0.15) is 59.3 Å². The lowest BCUT2D eigenvalue weighted by Crippen LogP contribution is -2.59. The maximum absolute atomic E-state index is 3.90. The molecule has 20 heavy (non-hydrogen) atoms. The van der Waals surface area contributed by atoms with E-state index in [1.54, 1.807) is 19.3 Å². The summed E-state index contributed by atoms with van der Waals surface area (Å²) in [7, 11) is 0. The maximum atomic E-state index is 3.90. The molecule has 1 unspecified atom stereocenters. The van der Waals surface area contributed by atoms with Gasteiger partial charge in [-0.1, -0.05) is 20.8 Å². The molecular weight excluding hydrogens is 244 g/mol. The summed E-state index contributed by atoms with van der Waals surface area (Å²) >= 11 is 0. The number of hydrogen-bond donors (Lipinski definition) is 1. The molecule has 2 heteroatoms. The van der Waals surface area contributed by atoms with Gasteiger partial charge < -0.3 is 10.2 Å². The van der Waals surface area contributed by atoms with Crippen LogP contribution in [-0.4, -0.2) is 37.1 Å². The Kier molecular flexibility index (Phi) is 4.42. The van der Waals surface area contributed by atoms with Gasteiger partial charge in [0, 0.05) is 12.6 Å². The first kappa shape index (κ1) is 14.8. The van der Waals surface area contributed by atoms with E-state index in [2.05, 4.69) is 31.0 Å². The minimum absolute atomic E-state index is 0.646. The van der Waals surface area contributed by atoms with E-state index in [1.807, 2.05) is 0 Å². The Morgan fingerprint density at radius 1 is 0.950 bits per heavy atom. The van der Waals surface area contributed by atoms with Gasteiger partial charge in [-0.15, -0.1) is 0 Å². The van der Waals surface area contributed by atoms with E-state index < -0.39 is 0 Å². The molecule has 116 valence electrons.